The van der Waals surface area contributed by atoms with Crippen molar-refractivity contribution >= 4 is 23.2 Å². The first-order chi connectivity index (χ1) is 7.65. The van der Waals surface area contributed by atoms with Gasteiger partial charge in [0.15, 0.2) is 0 Å². The fourth-order valence-corrected chi connectivity index (χ4v) is 1.06. The Hall–Kier alpha value is -2.36. The fraction of sp³-hybridized carbons (Fsp3) is 0. The van der Waals surface area contributed by atoms with E-state index in [0.29, 0.717) is 11.4 Å². The summed E-state index contributed by atoms with van der Waals surface area (Å²) in [6, 6.07) is 6.79. The van der Waals surface area contributed by atoms with Crippen molar-refractivity contribution in [3.05, 3.63) is 49.6 Å². The highest BCUT2D eigenvalue weighted by Crippen LogP contribution is 2.14. The normalized spacial score (nSPS) is 9.00. The van der Waals surface area contributed by atoms with Gasteiger partial charge < -0.3 is 10.6 Å². The minimum atomic E-state index is -0.299. The van der Waals surface area contributed by atoms with Crippen molar-refractivity contribution in [2.75, 3.05) is 10.6 Å². The number of anilines is 2. The van der Waals surface area contributed by atoms with Gasteiger partial charge in [0.25, 0.3) is 0 Å². The molecule has 1 aromatic carbocycles. The lowest BCUT2D eigenvalue weighted by molar-refractivity contribution is -0.112. The number of hydrogen-bond acceptors (Lipinski definition) is 2. The van der Waals surface area contributed by atoms with Crippen LogP contribution in [0, 0.1) is 0 Å². The predicted molar refractivity (Wildman–Crippen MR) is 64.1 cm³/mol. The average Bonchev–Trinajstić information content (AvgIpc) is 2.29. The zero-order chi connectivity index (χ0) is 12.0. The van der Waals surface area contributed by atoms with Crippen molar-refractivity contribution in [1.82, 2.24) is 0 Å². The molecule has 4 nitrogen and oxygen atoms in total. The van der Waals surface area contributed by atoms with E-state index in [1.807, 2.05) is 0 Å². The van der Waals surface area contributed by atoms with Gasteiger partial charge in [-0.05, 0) is 30.4 Å². The van der Waals surface area contributed by atoms with E-state index < -0.39 is 0 Å². The smallest absolute Gasteiger partial charge is 0.247 e. The third-order valence-corrected chi connectivity index (χ3v) is 1.77. The first-order valence-corrected chi connectivity index (χ1v) is 4.62. The number of rotatable bonds is 4. The number of nitrogens with one attached hydrogen (secondary N) is 2. The number of carbonyl (C=O) groups excluding carboxylic acids is 2. The minimum absolute atomic E-state index is 0.299. The van der Waals surface area contributed by atoms with Crippen LogP contribution in [-0.4, -0.2) is 11.8 Å². The Morgan fingerprint density at radius 2 is 1.44 bits per heavy atom. The molecule has 0 spiro atoms. The van der Waals surface area contributed by atoms with Crippen molar-refractivity contribution in [3.8, 4) is 0 Å². The van der Waals surface area contributed by atoms with Gasteiger partial charge in [-0.1, -0.05) is 19.2 Å². The number of benzene rings is 1. The Morgan fingerprint density at radius 3 is 1.81 bits per heavy atom. The van der Waals surface area contributed by atoms with Gasteiger partial charge in [0.1, 0.15) is 0 Å². The number of hydrogen-bond donors (Lipinski definition) is 2. The van der Waals surface area contributed by atoms with Gasteiger partial charge in [0.05, 0.1) is 0 Å². The van der Waals surface area contributed by atoms with Crippen LogP contribution in [0.25, 0.3) is 0 Å². The van der Waals surface area contributed by atoms with E-state index in [1.165, 1.54) is 12.2 Å². The van der Waals surface area contributed by atoms with E-state index in [-0.39, 0.29) is 11.8 Å². The maximum absolute atomic E-state index is 11.0. The maximum atomic E-state index is 11.0. The summed E-state index contributed by atoms with van der Waals surface area (Å²) >= 11 is 0. The molecule has 2 N–H and O–H groups in total. The Morgan fingerprint density at radius 1 is 1.00 bits per heavy atom. The molecule has 0 saturated carbocycles. The maximum Gasteiger partial charge on any atom is 0.247 e. The first-order valence-electron chi connectivity index (χ1n) is 4.62. The molecular weight excluding hydrogens is 204 g/mol. The van der Waals surface area contributed by atoms with E-state index in [0.717, 1.165) is 0 Å². The molecule has 1 aromatic rings. The zero-order valence-corrected chi connectivity index (χ0v) is 8.69. The lowest BCUT2D eigenvalue weighted by Crippen LogP contribution is -2.09. The van der Waals surface area contributed by atoms with Crippen LogP contribution in [-0.2, 0) is 9.59 Å². The van der Waals surface area contributed by atoms with Crippen LogP contribution in [0.5, 0.6) is 0 Å². The monoisotopic (exact) mass is 216 g/mol. The topological polar surface area (TPSA) is 58.2 Å². The minimum Gasteiger partial charge on any atom is -0.322 e. The molecule has 0 heterocycles. The van der Waals surface area contributed by atoms with E-state index in [4.69, 9.17) is 0 Å². The quantitative estimate of drug-likeness (QED) is 0.755. The van der Waals surface area contributed by atoms with Crippen molar-refractivity contribution in [1.29, 1.82) is 0 Å². The standard InChI is InChI=1S/C12H12N2O2/c1-3-11(15)13-9-6-5-7-10(8-9)14-12(16)4-2/h3-8H,1-2H2,(H,13,15)(H,14,16). The summed E-state index contributed by atoms with van der Waals surface area (Å²) in [6.07, 6.45) is 2.35. The Kier molecular flexibility index (Phi) is 4.03. The lowest BCUT2D eigenvalue weighted by Gasteiger charge is -2.05. The second kappa shape index (κ2) is 5.50. The Labute approximate surface area is 93.7 Å². The molecule has 0 radical (unpaired) electrons. The van der Waals surface area contributed by atoms with Gasteiger partial charge in [-0.3, -0.25) is 9.59 Å². The molecule has 0 saturated heterocycles. The van der Waals surface area contributed by atoms with Crippen LogP contribution >= 0.6 is 0 Å². The Bertz CT molecular complexity index is 401. The highest BCUT2D eigenvalue weighted by Gasteiger charge is 2.00. The summed E-state index contributed by atoms with van der Waals surface area (Å²) in [4.78, 5) is 22.1. The highest BCUT2D eigenvalue weighted by molar-refractivity contribution is 6.01. The van der Waals surface area contributed by atoms with Crippen molar-refractivity contribution in [3.63, 3.8) is 0 Å². The SMILES string of the molecule is C=CC(=O)Nc1cccc(NC(=O)C=C)c1. The van der Waals surface area contributed by atoms with E-state index in [2.05, 4.69) is 23.8 Å². The molecule has 0 atom stereocenters. The van der Waals surface area contributed by atoms with Gasteiger partial charge in [0, 0.05) is 11.4 Å². The molecule has 0 aliphatic carbocycles. The molecule has 4 heteroatoms. The molecule has 16 heavy (non-hydrogen) atoms. The number of carbonyl (C=O) groups is 2. The zero-order valence-electron chi connectivity index (χ0n) is 8.69. The van der Waals surface area contributed by atoms with Crippen molar-refractivity contribution < 1.29 is 9.59 Å². The second-order valence-electron chi connectivity index (χ2n) is 2.97. The van der Waals surface area contributed by atoms with Gasteiger partial charge in [-0.2, -0.15) is 0 Å². The van der Waals surface area contributed by atoms with E-state index in [9.17, 15) is 9.59 Å². The molecule has 0 unspecified atom stereocenters. The van der Waals surface area contributed by atoms with Crippen LogP contribution in [0.1, 0.15) is 0 Å². The summed E-state index contributed by atoms with van der Waals surface area (Å²) in [6.45, 7) is 6.69. The summed E-state index contributed by atoms with van der Waals surface area (Å²) in [5.41, 5.74) is 1.18. The van der Waals surface area contributed by atoms with Crippen LogP contribution in [0.3, 0.4) is 0 Å². The molecule has 1 rings (SSSR count). The third-order valence-electron chi connectivity index (χ3n) is 1.77. The van der Waals surface area contributed by atoms with Crippen LogP contribution in [0.2, 0.25) is 0 Å². The molecular formula is C12H12N2O2. The van der Waals surface area contributed by atoms with Crippen LogP contribution in [0.4, 0.5) is 11.4 Å². The van der Waals surface area contributed by atoms with Gasteiger partial charge in [0.2, 0.25) is 11.8 Å². The molecule has 0 aliphatic heterocycles. The molecule has 0 aromatic heterocycles. The summed E-state index contributed by atoms with van der Waals surface area (Å²) in [7, 11) is 0. The largest absolute Gasteiger partial charge is 0.322 e. The van der Waals surface area contributed by atoms with Crippen molar-refractivity contribution in [2.45, 2.75) is 0 Å². The second-order valence-corrected chi connectivity index (χ2v) is 2.97. The molecule has 0 aliphatic rings. The highest BCUT2D eigenvalue weighted by atomic mass is 16.2. The van der Waals surface area contributed by atoms with Gasteiger partial charge >= 0.3 is 0 Å². The third kappa shape index (κ3) is 3.42. The molecule has 2 amide bonds. The predicted octanol–water partition coefficient (Wildman–Crippen LogP) is 1.94. The molecule has 82 valence electrons. The summed E-state index contributed by atoms with van der Waals surface area (Å²) < 4.78 is 0. The molecule has 0 bridgehead atoms. The summed E-state index contributed by atoms with van der Waals surface area (Å²) in [5, 5.41) is 5.18. The molecule has 0 fully saturated rings. The summed E-state index contributed by atoms with van der Waals surface area (Å²) in [5.74, 6) is -0.598. The van der Waals surface area contributed by atoms with Gasteiger partial charge in [-0.15, -0.1) is 0 Å². The Balaban J connectivity index is 2.78. The fourth-order valence-electron chi connectivity index (χ4n) is 1.06. The van der Waals surface area contributed by atoms with Crippen LogP contribution in [0.15, 0.2) is 49.6 Å². The van der Waals surface area contributed by atoms with E-state index in [1.54, 1.807) is 24.3 Å². The van der Waals surface area contributed by atoms with E-state index >= 15 is 0 Å². The van der Waals surface area contributed by atoms with Gasteiger partial charge in [-0.25, -0.2) is 0 Å². The first kappa shape index (κ1) is 11.7. The number of amides is 2. The lowest BCUT2D eigenvalue weighted by atomic mass is 10.2. The average molecular weight is 216 g/mol. The van der Waals surface area contributed by atoms with Crippen molar-refractivity contribution in [2.24, 2.45) is 0 Å². The van der Waals surface area contributed by atoms with Crippen LogP contribution < -0.4 is 10.6 Å².